The summed E-state index contributed by atoms with van der Waals surface area (Å²) in [5.41, 5.74) is 5.52. The van der Waals surface area contributed by atoms with Gasteiger partial charge in [-0.15, -0.1) is 0 Å². The van der Waals surface area contributed by atoms with E-state index in [9.17, 15) is 0 Å². The van der Waals surface area contributed by atoms with Crippen molar-refractivity contribution in [2.75, 3.05) is 12.8 Å². The van der Waals surface area contributed by atoms with Crippen molar-refractivity contribution in [3.63, 3.8) is 0 Å². The van der Waals surface area contributed by atoms with E-state index in [2.05, 4.69) is 18.2 Å². The molecule has 2 nitrogen and oxygen atoms in total. The van der Waals surface area contributed by atoms with Gasteiger partial charge in [0.25, 0.3) is 0 Å². The maximum Gasteiger partial charge on any atom is 0.0934 e. The zero-order valence-electron chi connectivity index (χ0n) is 6.92. The fourth-order valence-electron chi connectivity index (χ4n) is 0.432. The molecule has 0 fully saturated rings. The van der Waals surface area contributed by atoms with Crippen molar-refractivity contribution in [3.8, 4) is 0 Å². The van der Waals surface area contributed by atoms with Crippen LogP contribution >= 0.6 is 11.8 Å². The van der Waals surface area contributed by atoms with E-state index in [4.69, 9.17) is 5.73 Å². The third-order valence-electron chi connectivity index (χ3n) is 1.32. The monoisotopic (exact) mass is 160 g/mol. The summed E-state index contributed by atoms with van der Waals surface area (Å²) >= 11 is 1.81. The molecule has 0 heterocycles. The van der Waals surface area contributed by atoms with Crippen LogP contribution < -0.4 is 5.73 Å². The molecule has 0 aromatic rings. The molecule has 0 aliphatic carbocycles. The van der Waals surface area contributed by atoms with Crippen molar-refractivity contribution in [2.45, 2.75) is 25.5 Å². The zero-order valence-corrected chi connectivity index (χ0v) is 7.74. The second-order valence-electron chi connectivity index (χ2n) is 2.23. The highest BCUT2D eigenvalue weighted by atomic mass is 32.2. The van der Waals surface area contributed by atoms with Crippen molar-refractivity contribution in [1.82, 2.24) is 0 Å². The molecule has 0 spiro atoms. The van der Waals surface area contributed by atoms with Crippen LogP contribution in [0.5, 0.6) is 0 Å². The van der Waals surface area contributed by atoms with Gasteiger partial charge in [-0.2, -0.15) is 11.8 Å². The molecule has 0 saturated carbocycles. The summed E-state index contributed by atoms with van der Waals surface area (Å²) in [4.78, 5) is 4.19. The Labute approximate surface area is 67.3 Å². The lowest BCUT2D eigenvalue weighted by Gasteiger charge is -2.03. The third-order valence-corrected chi connectivity index (χ3v) is 2.27. The van der Waals surface area contributed by atoms with Gasteiger partial charge in [-0.25, -0.2) is 0 Å². The van der Waals surface area contributed by atoms with Gasteiger partial charge in [0, 0.05) is 11.7 Å². The Kier molecular flexibility index (Phi) is 5.49. The van der Waals surface area contributed by atoms with E-state index in [0.29, 0.717) is 5.25 Å². The van der Waals surface area contributed by atoms with Crippen LogP contribution in [0.25, 0.3) is 0 Å². The van der Waals surface area contributed by atoms with E-state index in [0.717, 1.165) is 18.8 Å². The lowest BCUT2D eigenvalue weighted by atomic mass is 10.4. The number of thioether (sulfide) groups is 1. The van der Waals surface area contributed by atoms with Gasteiger partial charge in [-0.05, 0) is 6.26 Å². The normalized spacial score (nSPS) is 15.3. The Bertz CT molecular complexity index is 112. The molecule has 0 aliphatic rings. The van der Waals surface area contributed by atoms with E-state index < -0.39 is 0 Å². The number of aliphatic imine (C=N–C) groups is 1. The highest BCUT2D eigenvalue weighted by Crippen LogP contribution is 2.04. The predicted molar refractivity (Wildman–Crippen MR) is 49.8 cm³/mol. The highest BCUT2D eigenvalue weighted by Gasteiger charge is 1.95. The molecule has 1 atom stereocenters. The SMILES string of the molecule is CCC(N)=NCC(C)SC. The summed E-state index contributed by atoms with van der Waals surface area (Å²) in [5.74, 6) is 0.765. The topological polar surface area (TPSA) is 38.4 Å². The van der Waals surface area contributed by atoms with Crippen LogP contribution in [0.15, 0.2) is 4.99 Å². The molecule has 10 heavy (non-hydrogen) atoms. The fraction of sp³-hybridized carbons (Fsp3) is 0.857. The van der Waals surface area contributed by atoms with E-state index in [1.165, 1.54) is 0 Å². The second-order valence-corrected chi connectivity index (χ2v) is 3.51. The first kappa shape index (κ1) is 9.82. The van der Waals surface area contributed by atoms with Crippen molar-refractivity contribution in [1.29, 1.82) is 0 Å². The van der Waals surface area contributed by atoms with Gasteiger partial charge in [-0.3, -0.25) is 4.99 Å². The van der Waals surface area contributed by atoms with Gasteiger partial charge in [0.2, 0.25) is 0 Å². The molecular weight excluding hydrogens is 144 g/mol. The molecule has 1 unspecified atom stereocenters. The third kappa shape index (κ3) is 4.68. The average Bonchev–Trinajstić information content (AvgIpc) is 1.99. The summed E-state index contributed by atoms with van der Waals surface area (Å²) in [7, 11) is 0. The molecule has 0 aliphatic heterocycles. The minimum absolute atomic E-state index is 0.588. The largest absolute Gasteiger partial charge is 0.387 e. The predicted octanol–water partition coefficient (Wildman–Crippen LogP) is 1.51. The Hall–Kier alpha value is -0.180. The Morgan fingerprint density at radius 1 is 1.70 bits per heavy atom. The van der Waals surface area contributed by atoms with Gasteiger partial charge in [0.05, 0.1) is 12.4 Å². The van der Waals surface area contributed by atoms with Gasteiger partial charge in [-0.1, -0.05) is 13.8 Å². The summed E-state index contributed by atoms with van der Waals surface area (Å²) < 4.78 is 0. The smallest absolute Gasteiger partial charge is 0.0934 e. The first-order valence-corrected chi connectivity index (χ1v) is 4.81. The van der Waals surface area contributed by atoms with Gasteiger partial charge < -0.3 is 5.73 Å². The highest BCUT2D eigenvalue weighted by molar-refractivity contribution is 7.99. The van der Waals surface area contributed by atoms with Crippen molar-refractivity contribution in [2.24, 2.45) is 10.7 Å². The zero-order chi connectivity index (χ0) is 7.98. The van der Waals surface area contributed by atoms with Crippen LogP contribution in [0.3, 0.4) is 0 Å². The maximum atomic E-state index is 5.52. The minimum atomic E-state index is 0.588. The van der Waals surface area contributed by atoms with Gasteiger partial charge in [0.1, 0.15) is 0 Å². The van der Waals surface area contributed by atoms with Crippen molar-refractivity contribution in [3.05, 3.63) is 0 Å². The van der Waals surface area contributed by atoms with Crippen LogP contribution in [0.2, 0.25) is 0 Å². The van der Waals surface area contributed by atoms with E-state index in [1.54, 1.807) is 0 Å². The molecule has 2 N–H and O–H groups in total. The van der Waals surface area contributed by atoms with Crippen molar-refractivity contribution < 1.29 is 0 Å². The maximum absolute atomic E-state index is 5.52. The first-order valence-electron chi connectivity index (χ1n) is 3.52. The molecule has 0 rings (SSSR count). The quantitative estimate of drug-likeness (QED) is 0.500. The lowest BCUT2D eigenvalue weighted by molar-refractivity contribution is 0.943. The Morgan fingerprint density at radius 2 is 2.30 bits per heavy atom. The van der Waals surface area contributed by atoms with E-state index in [-0.39, 0.29) is 0 Å². The molecular formula is C7H16N2S. The summed E-state index contributed by atoms with van der Waals surface area (Å²) in [6.45, 7) is 5.01. The molecule has 60 valence electrons. The van der Waals surface area contributed by atoms with Crippen molar-refractivity contribution >= 4 is 17.6 Å². The molecule has 0 saturated heterocycles. The van der Waals surface area contributed by atoms with Crippen LogP contribution in [0, 0.1) is 0 Å². The molecule has 0 aromatic heterocycles. The molecule has 0 aromatic carbocycles. The minimum Gasteiger partial charge on any atom is -0.387 e. The molecule has 0 bridgehead atoms. The Morgan fingerprint density at radius 3 is 2.70 bits per heavy atom. The number of rotatable bonds is 4. The average molecular weight is 160 g/mol. The number of hydrogen-bond acceptors (Lipinski definition) is 2. The number of amidine groups is 1. The van der Waals surface area contributed by atoms with Crippen LogP contribution in [-0.4, -0.2) is 23.9 Å². The first-order chi connectivity index (χ1) is 4.70. The van der Waals surface area contributed by atoms with Gasteiger partial charge in [0.15, 0.2) is 0 Å². The van der Waals surface area contributed by atoms with Gasteiger partial charge >= 0.3 is 0 Å². The Balaban J connectivity index is 3.50. The number of nitrogens with two attached hydrogens (primary N) is 1. The standard InChI is InChI=1S/C7H16N2S/c1-4-7(8)9-5-6(2)10-3/h6H,4-5H2,1-3H3,(H2,8,9). The summed E-state index contributed by atoms with van der Waals surface area (Å²) in [6, 6.07) is 0. The van der Waals surface area contributed by atoms with Crippen LogP contribution in [-0.2, 0) is 0 Å². The summed E-state index contributed by atoms with van der Waals surface area (Å²) in [6.07, 6.45) is 2.95. The second kappa shape index (κ2) is 5.59. The van der Waals surface area contributed by atoms with E-state index in [1.807, 2.05) is 18.7 Å². The summed E-state index contributed by atoms with van der Waals surface area (Å²) in [5, 5.41) is 0.588. The molecule has 0 radical (unpaired) electrons. The fourth-order valence-corrected chi connectivity index (χ4v) is 0.656. The number of nitrogens with zero attached hydrogens (tertiary/aromatic N) is 1. The lowest BCUT2D eigenvalue weighted by Crippen LogP contribution is -2.12. The van der Waals surface area contributed by atoms with Crippen LogP contribution in [0.4, 0.5) is 0 Å². The molecule has 0 amide bonds. The number of hydrogen-bond donors (Lipinski definition) is 1. The van der Waals surface area contributed by atoms with Crippen LogP contribution in [0.1, 0.15) is 20.3 Å². The molecule has 3 heteroatoms. The van der Waals surface area contributed by atoms with E-state index >= 15 is 0 Å².